The van der Waals surface area contributed by atoms with Crippen molar-refractivity contribution in [2.24, 2.45) is 17.6 Å². The number of amides is 2. The zero-order valence-electron chi connectivity index (χ0n) is 14.1. The lowest BCUT2D eigenvalue weighted by molar-refractivity contribution is -0.142. The number of hydrogen-bond donors (Lipinski definition) is 4. The summed E-state index contributed by atoms with van der Waals surface area (Å²) in [4.78, 5) is 35.2. The highest BCUT2D eigenvalue weighted by Crippen LogP contribution is 2.09. The van der Waals surface area contributed by atoms with Gasteiger partial charge >= 0.3 is 5.97 Å². The highest BCUT2D eigenvalue weighted by molar-refractivity contribution is 5.91. The van der Waals surface area contributed by atoms with E-state index in [-0.39, 0.29) is 11.8 Å². The van der Waals surface area contributed by atoms with Gasteiger partial charge in [-0.25, -0.2) is 4.79 Å². The van der Waals surface area contributed by atoms with Crippen LogP contribution in [0.25, 0.3) is 0 Å². The summed E-state index contributed by atoms with van der Waals surface area (Å²) in [6.45, 7) is 9.12. The van der Waals surface area contributed by atoms with Crippen molar-refractivity contribution in [2.75, 3.05) is 0 Å². The Labute approximate surface area is 132 Å². The third-order valence-electron chi connectivity index (χ3n) is 3.08. The van der Waals surface area contributed by atoms with E-state index in [9.17, 15) is 19.5 Å². The van der Waals surface area contributed by atoms with E-state index in [1.54, 1.807) is 0 Å². The molecule has 5 N–H and O–H groups in total. The molecule has 0 aromatic heterocycles. The minimum absolute atomic E-state index is 0.128. The van der Waals surface area contributed by atoms with Gasteiger partial charge in [-0.3, -0.25) is 9.59 Å². The molecule has 128 valence electrons. The Bertz CT molecular complexity index is 394. The fourth-order valence-electron chi connectivity index (χ4n) is 1.97. The van der Waals surface area contributed by atoms with Crippen LogP contribution in [0.3, 0.4) is 0 Å². The molecule has 0 aliphatic heterocycles. The number of nitrogens with one attached hydrogen (secondary N) is 2. The van der Waals surface area contributed by atoms with Gasteiger partial charge in [0, 0.05) is 0 Å². The molecule has 22 heavy (non-hydrogen) atoms. The number of rotatable bonds is 9. The molecular formula is C15H29N3O4. The van der Waals surface area contributed by atoms with Gasteiger partial charge < -0.3 is 21.5 Å². The monoisotopic (exact) mass is 315 g/mol. The van der Waals surface area contributed by atoms with Gasteiger partial charge in [0.15, 0.2) is 0 Å². The first-order valence-corrected chi connectivity index (χ1v) is 7.63. The van der Waals surface area contributed by atoms with Crippen molar-refractivity contribution in [3.63, 3.8) is 0 Å². The van der Waals surface area contributed by atoms with E-state index in [4.69, 9.17) is 5.73 Å². The predicted octanol–water partition coefficient (Wildman–Crippen LogP) is 0.480. The Hall–Kier alpha value is -1.63. The minimum atomic E-state index is -1.08. The summed E-state index contributed by atoms with van der Waals surface area (Å²) in [6, 6.07) is -2.48. The number of carbonyl (C=O) groups is 3. The van der Waals surface area contributed by atoms with Crippen molar-refractivity contribution in [3.8, 4) is 0 Å². The maximum Gasteiger partial charge on any atom is 0.326 e. The molecular weight excluding hydrogens is 286 g/mol. The third kappa shape index (κ3) is 7.97. The first-order chi connectivity index (χ1) is 10.0. The molecule has 0 spiro atoms. The lowest BCUT2D eigenvalue weighted by atomic mass is 10.0. The summed E-state index contributed by atoms with van der Waals surface area (Å²) in [5.74, 6) is -1.71. The van der Waals surface area contributed by atoms with Crippen LogP contribution in [0.15, 0.2) is 0 Å². The van der Waals surface area contributed by atoms with Crippen LogP contribution in [0.1, 0.15) is 47.5 Å². The number of aliphatic carboxylic acids is 1. The molecule has 0 aliphatic rings. The van der Waals surface area contributed by atoms with Crippen molar-refractivity contribution < 1.29 is 19.5 Å². The maximum absolute atomic E-state index is 12.3. The Morgan fingerprint density at radius 1 is 0.864 bits per heavy atom. The Morgan fingerprint density at radius 3 is 1.64 bits per heavy atom. The molecule has 0 bridgehead atoms. The van der Waals surface area contributed by atoms with E-state index in [0.29, 0.717) is 12.8 Å². The molecule has 0 radical (unpaired) electrons. The van der Waals surface area contributed by atoms with Gasteiger partial charge in [-0.2, -0.15) is 0 Å². The molecule has 0 heterocycles. The second-order valence-corrected chi connectivity index (χ2v) is 6.51. The van der Waals surface area contributed by atoms with Crippen LogP contribution in [0.5, 0.6) is 0 Å². The predicted molar refractivity (Wildman–Crippen MR) is 84.1 cm³/mol. The average Bonchev–Trinajstić information content (AvgIpc) is 2.35. The number of carboxylic acid groups (broad SMARTS) is 1. The molecule has 0 fully saturated rings. The quantitative estimate of drug-likeness (QED) is 0.493. The Morgan fingerprint density at radius 2 is 1.27 bits per heavy atom. The van der Waals surface area contributed by atoms with Gasteiger partial charge in [0.2, 0.25) is 11.8 Å². The molecule has 2 amide bonds. The Balaban J connectivity index is 4.93. The molecule has 0 saturated heterocycles. The summed E-state index contributed by atoms with van der Waals surface area (Å²) < 4.78 is 0. The lowest BCUT2D eigenvalue weighted by Crippen LogP contribution is -2.54. The van der Waals surface area contributed by atoms with E-state index in [0.717, 1.165) is 0 Å². The van der Waals surface area contributed by atoms with Crippen molar-refractivity contribution in [1.82, 2.24) is 10.6 Å². The minimum Gasteiger partial charge on any atom is -0.480 e. The van der Waals surface area contributed by atoms with Gasteiger partial charge in [0.05, 0.1) is 6.04 Å². The Kier molecular flexibility index (Phi) is 8.70. The normalized spacial score (nSPS) is 15.3. The summed E-state index contributed by atoms with van der Waals surface area (Å²) >= 11 is 0. The molecule has 3 unspecified atom stereocenters. The smallest absolute Gasteiger partial charge is 0.326 e. The lowest BCUT2D eigenvalue weighted by Gasteiger charge is -2.24. The van der Waals surface area contributed by atoms with Crippen LogP contribution in [-0.2, 0) is 14.4 Å². The topological polar surface area (TPSA) is 122 Å². The number of carbonyl (C=O) groups excluding carboxylic acids is 2. The molecule has 0 aromatic rings. The van der Waals surface area contributed by atoms with Gasteiger partial charge in [0.1, 0.15) is 12.1 Å². The molecule has 0 aliphatic carbocycles. The second kappa shape index (κ2) is 9.40. The molecule has 0 rings (SSSR count). The van der Waals surface area contributed by atoms with E-state index in [1.165, 1.54) is 6.92 Å². The SMILES string of the molecule is CC(C)CC(NC(=O)C(CC(C)C)NC(=O)C(C)N)C(=O)O. The maximum atomic E-state index is 12.3. The second-order valence-electron chi connectivity index (χ2n) is 6.51. The van der Waals surface area contributed by atoms with Crippen LogP contribution in [0.4, 0.5) is 0 Å². The van der Waals surface area contributed by atoms with E-state index >= 15 is 0 Å². The van der Waals surface area contributed by atoms with Crippen LogP contribution in [-0.4, -0.2) is 41.0 Å². The third-order valence-corrected chi connectivity index (χ3v) is 3.08. The molecule has 7 heteroatoms. The zero-order chi connectivity index (χ0) is 17.4. The number of carboxylic acids is 1. The van der Waals surface area contributed by atoms with Crippen molar-refractivity contribution in [2.45, 2.75) is 65.6 Å². The number of nitrogens with two attached hydrogens (primary N) is 1. The fourth-order valence-corrected chi connectivity index (χ4v) is 1.97. The van der Waals surface area contributed by atoms with Gasteiger partial charge in [-0.15, -0.1) is 0 Å². The van der Waals surface area contributed by atoms with E-state index < -0.39 is 35.9 Å². The van der Waals surface area contributed by atoms with Crippen LogP contribution in [0, 0.1) is 11.8 Å². The standard InChI is InChI=1S/C15H29N3O4/c1-8(2)6-11(17-13(19)10(5)16)14(20)18-12(15(21)22)7-9(3)4/h8-12H,6-7,16H2,1-5H3,(H,17,19)(H,18,20)(H,21,22). The highest BCUT2D eigenvalue weighted by Gasteiger charge is 2.28. The van der Waals surface area contributed by atoms with Gasteiger partial charge in [-0.1, -0.05) is 27.7 Å². The zero-order valence-corrected chi connectivity index (χ0v) is 14.1. The summed E-state index contributed by atoms with van der Waals surface area (Å²) in [5, 5.41) is 14.3. The van der Waals surface area contributed by atoms with Crippen molar-refractivity contribution >= 4 is 17.8 Å². The highest BCUT2D eigenvalue weighted by atomic mass is 16.4. The molecule has 0 aromatic carbocycles. The first-order valence-electron chi connectivity index (χ1n) is 7.63. The average molecular weight is 315 g/mol. The summed E-state index contributed by atoms with van der Waals surface area (Å²) in [5.41, 5.74) is 5.49. The van der Waals surface area contributed by atoms with Crippen LogP contribution < -0.4 is 16.4 Å². The van der Waals surface area contributed by atoms with Crippen molar-refractivity contribution in [3.05, 3.63) is 0 Å². The van der Waals surface area contributed by atoms with E-state index in [1.807, 2.05) is 27.7 Å². The molecule has 3 atom stereocenters. The largest absolute Gasteiger partial charge is 0.480 e. The van der Waals surface area contributed by atoms with Gasteiger partial charge in [0.25, 0.3) is 0 Å². The van der Waals surface area contributed by atoms with Crippen molar-refractivity contribution in [1.29, 1.82) is 0 Å². The molecule has 0 saturated carbocycles. The number of hydrogen-bond acceptors (Lipinski definition) is 4. The first kappa shape index (κ1) is 20.4. The summed E-state index contributed by atoms with van der Waals surface area (Å²) in [7, 11) is 0. The van der Waals surface area contributed by atoms with Gasteiger partial charge in [-0.05, 0) is 31.6 Å². The van der Waals surface area contributed by atoms with Crippen LogP contribution >= 0.6 is 0 Å². The van der Waals surface area contributed by atoms with E-state index in [2.05, 4.69) is 10.6 Å². The molecule has 7 nitrogen and oxygen atoms in total. The van der Waals surface area contributed by atoms with Crippen LogP contribution in [0.2, 0.25) is 0 Å². The fraction of sp³-hybridized carbons (Fsp3) is 0.800. The summed E-state index contributed by atoms with van der Waals surface area (Å²) in [6.07, 6.45) is 0.745.